The zero-order valence-electron chi connectivity index (χ0n) is 9.95. The van der Waals surface area contributed by atoms with E-state index in [-0.39, 0.29) is 5.91 Å². The Kier molecular flexibility index (Phi) is 3.62. The topological polar surface area (TPSA) is 83.6 Å². The van der Waals surface area contributed by atoms with Crippen LogP contribution in [0.4, 0.5) is 0 Å². The van der Waals surface area contributed by atoms with Gasteiger partial charge < -0.3 is 15.7 Å². The molecule has 0 aromatic heterocycles. The van der Waals surface area contributed by atoms with Crippen molar-refractivity contribution >= 4 is 11.9 Å². The van der Waals surface area contributed by atoms with Crippen LogP contribution in [0.15, 0.2) is 30.3 Å². The summed E-state index contributed by atoms with van der Waals surface area (Å²) >= 11 is 0. The Balaban J connectivity index is 2.14. The minimum Gasteiger partial charge on any atom is -0.480 e. The van der Waals surface area contributed by atoms with E-state index in [1.165, 1.54) is 4.90 Å². The van der Waals surface area contributed by atoms with Crippen LogP contribution in [0, 0.1) is 0 Å². The highest BCUT2D eigenvalue weighted by Gasteiger charge is 2.36. The fraction of sp³-hybridized carbons (Fsp3) is 0.385. The number of nitrogens with two attached hydrogens (primary N) is 1. The Morgan fingerprint density at radius 2 is 2.00 bits per heavy atom. The predicted octanol–water partition coefficient (Wildman–Crippen LogP) is 0.762. The fourth-order valence-electron chi connectivity index (χ4n) is 2.27. The average molecular weight is 248 g/mol. The molecule has 0 aliphatic carbocycles. The normalized spacial score (nSPS) is 20.7. The highest BCUT2D eigenvalue weighted by atomic mass is 16.4. The number of nitrogens with zero attached hydrogens (tertiary/aromatic N) is 1. The molecule has 1 saturated heterocycles. The molecular weight excluding hydrogens is 232 g/mol. The second-order valence-electron chi connectivity index (χ2n) is 4.42. The number of likely N-dealkylation sites (tertiary alicyclic amines) is 1. The molecule has 0 saturated carbocycles. The molecule has 0 unspecified atom stereocenters. The molecule has 5 heteroatoms. The Labute approximate surface area is 105 Å². The van der Waals surface area contributed by atoms with Crippen LogP contribution in [0.3, 0.4) is 0 Å². The van der Waals surface area contributed by atoms with Crippen molar-refractivity contribution in [2.45, 2.75) is 24.9 Å². The lowest BCUT2D eigenvalue weighted by atomic mass is 10.1. The lowest BCUT2D eigenvalue weighted by Gasteiger charge is -2.24. The minimum absolute atomic E-state index is 0.314. The van der Waals surface area contributed by atoms with Crippen molar-refractivity contribution in [2.75, 3.05) is 6.54 Å². The van der Waals surface area contributed by atoms with Crippen LogP contribution in [0.2, 0.25) is 0 Å². The third-order valence-corrected chi connectivity index (χ3v) is 3.25. The van der Waals surface area contributed by atoms with E-state index in [0.29, 0.717) is 24.9 Å². The third-order valence-electron chi connectivity index (χ3n) is 3.25. The van der Waals surface area contributed by atoms with E-state index in [1.54, 1.807) is 24.3 Å². The number of amides is 1. The number of hydrogen-bond donors (Lipinski definition) is 2. The van der Waals surface area contributed by atoms with Crippen molar-refractivity contribution in [1.29, 1.82) is 0 Å². The quantitative estimate of drug-likeness (QED) is 0.827. The van der Waals surface area contributed by atoms with Crippen LogP contribution in [-0.2, 0) is 9.59 Å². The summed E-state index contributed by atoms with van der Waals surface area (Å²) in [6.07, 6.45) is 1.22. The molecule has 0 spiro atoms. The molecule has 1 aliphatic heterocycles. The number of carboxylic acid groups (broad SMARTS) is 1. The number of aliphatic carboxylic acids is 1. The van der Waals surface area contributed by atoms with Crippen molar-refractivity contribution < 1.29 is 14.7 Å². The van der Waals surface area contributed by atoms with Gasteiger partial charge in [-0.3, -0.25) is 4.79 Å². The van der Waals surface area contributed by atoms with Crippen LogP contribution in [0.25, 0.3) is 0 Å². The van der Waals surface area contributed by atoms with Gasteiger partial charge in [-0.15, -0.1) is 0 Å². The maximum atomic E-state index is 12.2. The third kappa shape index (κ3) is 2.36. The highest BCUT2D eigenvalue weighted by molar-refractivity contribution is 5.88. The summed E-state index contributed by atoms with van der Waals surface area (Å²) in [6, 6.07) is 7.49. The first-order chi connectivity index (χ1) is 8.61. The number of benzene rings is 1. The predicted molar refractivity (Wildman–Crippen MR) is 65.7 cm³/mol. The molecule has 3 N–H and O–H groups in total. The first-order valence-corrected chi connectivity index (χ1v) is 5.95. The first kappa shape index (κ1) is 12.6. The van der Waals surface area contributed by atoms with E-state index in [0.717, 1.165) is 0 Å². The highest BCUT2D eigenvalue weighted by Crippen LogP contribution is 2.22. The van der Waals surface area contributed by atoms with Crippen LogP contribution in [0.5, 0.6) is 0 Å². The Morgan fingerprint density at radius 1 is 1.33 bits per heavy atom. The van der Waals surface area contributed by atoms with Crippen molar-refractivity contribution in [3.05, 3.63) is 35.9 Å². The zero-order valence-corrected chi connectivity index (χ0v) is 9.95. The molecule has 1 fully saturated rings. The Morgan fingerprint density at radius 3 is 2.61 bits per heavy atom. The lowest BCUT2D eigenvalue weighted by molar-refractivity contribution is -0.148. The summed E-state index contributed by atoms with van der Waals surface area (Å²) in [5.74, 6) is -1.27. The lowest BCUT2D eigenvalue weighted by Crippen LogP contribution is -2.44. The molecular formula is C13H16N2O3. The molecule has 1 aromatic rings. The van der Waals surface area contributed by atoms with Gasteiger partial charge in [0.1, 0.15) is 12.1 Å². The molecule has 0 bridgehead atoms. The van der Waals surface area contributed by atoms with Gasteiger partial charge in [-0.25, -0.2) is 4.79 Å². The summed E-state index contributed by atoms with van der Waals surface area (Å²) in [5, 5.41) is 9.05. The van der Waals surface area contributed by atoms with Crippen molar-refractivity contribution in [2.24, 2.45) is 5.73 Å². The second-order valence-corrected chi connectivity index (χ2v) is 4.42. The van der Waals surface area contributed by atoms with Gasteiger partial charge in [0.15, 0.2) is 0 Å². The Bertz CT molecular complexity index is 447. The average Bonchev–Trinajstić information content (AvgIpc) is 2.87. The number of carbonyl (C=O) groups is 2. The molecule has 1 aromatic carbocycles. The van der Waals surface area contributed by atoms with Gasteiger partial charge in [0, 0.05) is 6.54 Å². The number of hydrogen-bond acceptors (Lipinski definition) is 3. The summed E-state index contributed by atoms with van der Waals surface area (Å²) in [7, 11) is 0. The molecule has 0 radical (unpaired) electrons. The largest absolute Gasteiger partial charge is 0.480 e. The standard InChI is InChI=1S/C13H16N2O3/c14-11(9-5-2-1-3-6-9)12(16)15-8-4-7-10(15)13(17)18/h1-3,5-6,10-11H,4,7-8,14H2,(H,17,18)/t10-,11+/m1/s1. The monoisotopic (exact) mass is 248 g/mol. The van der Waals surface area contributed by atoms with Gasteiger partial charge in [-0.05, 0) is 18.4 Å². The summed E-state index contributed by atoms with van der Waals surface area (Å²) in [6.45, 7) is 0.469. The van der Waals surface area contributed by atoms with Crippen molar-refractivity contribution in [3.8, 4) is 0 Å². The molecule has 1 aliphatic rings. The van der Waals surface area contributed by atoms with Gasteiger partial charge >= 0.3 is 5.97 Å². The van der Waals surface area contributed by atoms with Crippen LogP contribution in [0.1, 0.15) is 24.4 Å². The van der Waals surface area contributed by atoms with Gasteiger partial charge in [0.25, 0.3) is 0 Å². The van der Waals surface area contributed by atoms with Crippen molar-refractivity contribution in [1.82, 2.24) is 4.90 Å². The molecule has 2 atom stereocenters. The van der Waals surface area contributed by atoms with E-state index in [2.05, 4.69) is 0 Å². The van der Waals surface area contributed by atoms with Crippen LogP contribution >= 0.6 is 0 Å². The number of carbonyl (C=O) groups excluding carboxylic acids is 1. The number of carboxylic acids is 1. The van der Waals surface area contributed by atoms with E-state index in [9.17, 15) is 9.59 Å². The van der Waals surface area contributed by atoms with Gasteiger partial charge in [-0.2, -0.15) is 0 Å². The van der Waals surface area contributed by atoms with E-state index in [1.807, 2.05) is 6.07 Å². The smallest absolute Gasteiger partial charge is 0.326 e. The molecule has 96 valence electrons. The second kappa shape index (κ2) is 5.18. The summed E-state index contributed by atoms with van der Waals surface area (Å²) in [5.41, 5.74) is 6.60. The van der Waals surface area contributed by atoms with Crippen LogP contribution < -0.4 is 5.73 Å². The molecule has 5 nitrogen and oxygen atoms in total. The van der Waals surface area contributed by atoms with Crippen molar-refractivity contribution in [3.63, 3.8) is 0 Å². The van der Waals surface area contributed by atoms with Gasteiger partial charge in [-0.1, -0.05) is 30.3 Å². The Hall–Kier alpha value is -1.88. The van der Waals surface area contributed by atoms with Gasteiger partial charge in [0.2, 0.25) is 5.91 Å². The maximum Gasteiger partial charge on any atom is 0.326 e. The van der Waals surface area contributed by atoms with E-state index in [4.69, 9.17) is 10.8 Å². The first-order valence-electron chi connectivity index (χ1n) is 5.95. The molecule has 2 rings (SSSR count). The van der Waals surface area contributed by atoms with E-state index < -0.39 is 18.1 Å². The fourth-order valence-corrected chi connectivity index (χ4v) is 2.27. The zero-order chi connectivity index (χ0) is 13.1. The summed E-state index contributed by atoms with van der Waals surface area (Å²) in [4.78, 5) is 24.6. The SMILES string of the molecule is N[C@H](C(=O)N1CCC[C@@H]1C(=O)O)c1ccccc1. The summed E-state index contributed by atoms with van der Waals surface area (Å²) < 4.78 is 0. The maximum absolute atomic E-state index is 12.2. The molecule has 18 heavy (non-hydrogen) atoms. The van der Waals surface area contributed by atoms with E-state index >= 15 is 0 Å². The van der Waals surface area contributed by atoms with Gasteiger partial charge in [0.05, 0.1) is 0 Å². The molecule has 1 amide bonds. The molecule has 1 heterocycles. The number of rotatable bonds is 3. The minimum atomic E-state index is -0.957. The van der Waals surface area contributed by atoms with Crippen LogP contribution in [-0.4, -0.2) is 34.5 Å².